The number of aliphatic imine (C=N–C) groups is 1. The van der Waals surface area contributed by atoms with Gasteiger partial charge >= 0.3 is 0 Å². The van der Waals surface area contributed by atoms with Crippen molar-refractivity contribution < 1.29 is 14.3 Å². The van der Waals surface area contributed by atoms with Gasteiger partial charge in [0, 0.05) is 0 Å². The number of fused-ring (bicyclic) bond motifs is 1. The van der Waals surface area contributed by atoms with Crippen molar-refractivity contribution in [2.24, 2.45) is 10.7 Å². The number of carbonyl (C=O) groups is 1. The number of benzene rings is 4. The average Bonchev–Trinajstić information content (AvgIpc) is 3.40. The Morgan fingerprint density at radius 2 is 1.49 bits per heavy atom. The maximum atomic E-state index is 12.5. The summed E-state index contributed by atoms with van der Waals surface area (Å²) in [7, 11) is 0. The minimum atomic E-state index is -1.15. The third-order valence-electron chi connectivity index (χ3n) is 6.03. The molecule has 35 heavy (non-hydrogen) atoms. The fraction of sp³-hybridized carbons (Fsp3) is 0.103. The van der Waals surface area contributed by atoms with E-state index >= 15 is 0 Å². The summed E-state index contributed by atoms with van der Waals surface area (Å²) >= 11 is 0. The first-order valence-electron chi connectivity index (χ1n) is 11.3. The van der Waals surface area contributed by atoms with Gasteiger partial charge in [-0.25, -0.2) is 4.99 Å². The zero-order valence-corrected chi connectivity index (χ0v) is 19.1. The maximum Gasteiger partial charge on any atom is 0.231 e. The van der Waals surface area contributed by atoms with Crippen molar-refractivity contribution in [3.63, 3.8) is 0 Å². The number of aldehydes is 1. The summed E-state index contributed by atoms with van der Waals surface area (Å²) < 4.78 is 10.9. The van der Waals surface area contributed by atoms with Gasteiger partial charge < -0.3 is 20.5 Å². The second kappa shape index (κ2) is 9.73. The number of rotatable bonds is 7. The Morgan fingerprint density at radius 3 is 2.17 bits per heavy atom. The lowest BCUT2D eigenvalue weighted by atomic mass is 9.84. The molecule has 174 valence electrons. The second-order valence-corrected chi connectivity index (χ2v) is 8.25. The molecule has 5 rings (SSSR count). The van der Waals surface area contributed by atoms with Gasteiger partial charge in [0.25, 0.3) is 0 Å². The highest BCUT2D eigenvalue weighted by Gasteiger charge is 2.34. The van der Waals surface area contributed by atoms with E-state index < -0.39 is 5.54 Å². The molecule has 0 atom stereocenters. The van der Waals surface area contributed by atoms with Crippen molar-refractivity contribution in [3.05, 3.63) is 120 Å². The predicted octanol–water partition coefficient (Wildman–Crippen LogP) is 4.63. The zero-order chi connectivity index (χ0) is 24.1. The van der Waals surface area contributed by atoms with Crippen molar-refractivity contribution in [2.45, 2.75) is 12.1 Å². The topological polar surface area (TPSA) is 85.9 Å². The van der Waals surface area contributed by atoms with Crippen LogP contribution in [0.3, 0.4) is 0 Å². The molecule has 0 radical (unpaired) electrons. The summed E-state index contributed by atoms with van der Waals surface area (Å²) in [5.74, 6) is 1.67. The van der Waals surface area contributed by atoms with Crippen LogP contribution in [0.15, 0.2) is 108 Å². The number of ether oxygens (including phenoxy) is 2. The number of nitrogens with one attached hydrogen (secondary N) is 1. The lowest BCUT2D eigenvalue weighted by Crippen LogP contribution is -2.51. The molecule has 0 unspecified atom stereocenters. The molecule has 0 saturated heterocycles. The van der Waals surface area contributed by atoms with E-state index in [1.807, 2.05) is 97.1 Å². The van der Waals surface area contributed by atoms with Crippen LogP contribution in [0.1, 0.15) is 16.7 Å². The van der Waals surface area contributed by atoms with E-state index in [0.29, 0.717) is 6.54 Å². The monoisotopic (exact) mass is 463 g/mol. The van der Waals surface area contributed by atoms with Gasteiger partial charge in [-0.2, -0.15) is 0 Å². The summed E-state index contributed by atoms with van der Waals surface area (Å²) in [4.78, 5) is 17.1. The van der Waals surface area contributed by atoms with E-state index in [2.05, 4.69) is 16.4 Å². The predicted molar refractivity (Wildman–Crippen MR) is 136 cm³/mol. The number of guanidine groups is 1. The lowest BCUT2D eigenvalue weighted by Gasteiger charge is -2.31. The number of hydrogen-bond acceptors (Lipinski definition) is 4. The summed E-state index contributed by atoms with van der Waals surface area (Å²) in [6.07, 6.45) is 0.875. The van der Waals surface area contributed by atoms with Crippen molar-refractivity contribution in [1.82, 2.24) is 5.32 Å². The highest BCUT2D eigenvalue weighted by Crippen LogP contribution is 2.36. The molecule has 1 aliphatic heterocycles. The van der Waals surface area contributed by atoms with E-state index in [9.17, 15) is 4.79 Å². The van der Waals surface area contributed by atoms with Crippen LogP contribution in [0.25, 0.3) is 11.1 Å². The number of nitrogens with zero attached hydrogens (tertiary/aromatic N) is 1. The van der Waals surface area contributed by atoms with Crippen molar-refractivity contribution in [3.8, 4) is 22.6 Å². The summed E-state index contributed by atoms with van der Waals surface area (Å²) in [6.45, 7) is 0.601. The zero-order valence-electron chi connectivity index (χ0n) is 19.1. The van der Waals surface area contributed by atoms with E-state index in [-0.39, 0.29) is 12.8 Å². The Labute approximate surface area is 204 Å². The molecule has 0 fully saturated rings. The number of carbonyl (C=O) groups excluding carboxylic acids is 1. The Hall–Kier alpha value is -4.58. The Bertz CT molecular complexity index is 1310. The molecule has 0 aliphatic carbocycles. The molecule has 6 nitrogen and oxygen atoms in total. The Kier molecular flexibility index (Phi) is 6.18. The third kappa shape index (κ3) is 4.59. The minimum Gasteiger partial charge on any atom is -0.454 e. The van der Waals surface area contributed by atoms with Crippen LogP contribution in [0.5, 0.6) is 11.5 Å². The Balaban J connectivity index is 1.39. The van der Waals surface area contributed by atoms with Crippen LogP contribution in [-0.4, -0.2) is 19.0 Å². The third-order valence-corrected chi connectivity index (χ3v) is 6.03. The van der Waals surface area contributed by atoms with Crippen molar-refractivity contribution >= 4 is 12.2 Å². The van der Waals surface area contributed by atoms with Crippen LogP contribution in [0.4, 0.5) is 0 Å². The molecule has 0 bridgehead atoms. The van der Waals surface area contributed by atoms with Gasteiger partial charge in [-0.05, 0) is 46.0 Å². The normalized spacial score (nSPS) is 12.9. The molecular weight excluding hydrogens is 438 g/mol. The Morgan fingerprint density at radius 1 is 0.829 bits per heavy atom. The van der Waals surface area contributed by atoms with E-state index in [1.54, 1.807) is 0 Å². The standard InChI is InChI=1S/C29H25N3O3/c30-28(32-29(19-33,24-10-3-1-4-11-24)25-12-5-2-6-13-25)31-18-21-8-7-9-22(16-21)23-14-15-26-27(17-23)35-20-34-26/h1-17,19H,18,20H2,(H3,30,31,32). The lowest BCUT2D eigenvalue weighted by molar-refractivity contribution is -0.111. The van der Waals surface area contributed by atoms with Crippen LogP contribution in [0.2, 0.25) is 0 Å². The first-order valence-corrected chi connectivity index (χ1v) is 11.3. The summed E-state index contributed by atoms with van der Waals surface area (Å²) in [6, 6.07) is 33.0. The number of nitrogens with two attached hydrogens (primary N) is 1. The van der Waals surface area contributed by atoms with Gasteiger partial charge in [0.1, 0.15) is 5.54 Å². The van der Waals surface area contributed by atoms with Crippen LogP contribution < -0.4 is 20.5 Å². The molecule has 0 aromatic heterocycles. The molecular formula is C29H25N3O3. The highest BCUT2D eigenvalue weighted by molar-refractivity contribution is 5.86. The van der Waals surface area contributed by atoms with Gasteiger partial charge in [0.2, 0.25) is 6.79 Å². The van der Waals surface area contributed by atoms with Gasteiger partial charge in [-0.1, -0.05) is 84.9 Å². The van der Waals surface area contributed by atoms with E-state index in [1.165, 1.54) is 0 Å². The first kappa shape index (κ1) is 22.2. The van der Waals surface area contributed by atoms with Crippen molar-refractivity contribution in [1.29, 1.82) is 0 Å². The average molecular weight is 464 g/mol. The van der Waals surface area contributed by atoms with Crippen molar-refractivity contribution in [2.75, 3.05) is 6.79 Å². The first-order chi connectivity index (χ1) is 17.2. The second-order valence-electron chi connectivity index (χ2n) is 8.25. The quantitative estimate of drug-likeness (QED) is 0.237. The van der Waals surface area contributed by atoms with Gasteiger partial charge in [0.15, 0.2) is 23.7 Å². The van der Waals surface area contributed by atoms with Gasteiger partial charge in [-0.15, -0.1) is 0 Å². The summed E-state index contributed by atoms with van der Waals surface area (Å²) in [5, 5.41) is 3.19. The SMILES string of the molecule is NC(=NCc1cccc(-c2ccc3c(c2)OCO3)c1)NC(C=O)(c1ccccc1)c1ccccc1. The molecule has 3 N–H and O–H groups in total. The smallest absolute Gasteiger partial charge is 0.231 e. The molecule has 4 aromatic rings. The van der Waals surface area contributed by atoms with Gasteiger partial charge in [0.05, 0.1) is 6.54 Å². The molecule has 4 aromatic carbocycles. The van der Waals surface area contributed by atoms with Gasteiger partial charge in [-0.3, -0.25) is 4.79 Å². The fourth-order valence-electron chi connectivity index (χ4n) is 4.22. The largest absolute Gasteiger partial charge is 0.454 e. The molecule has 0 spiro atoms. The summed E-state index contributed by atoms with van der Waals surface area (Å²) in [5.41, 5.74) is 9.79. The molecule has 1 heterocycles. The van der Waals surface area contributed by atoms with Crippen LogP contribution in [-0.2, 0) is 16.9 Å². The fourth-order valence-corrected chi connectivity index (χ4v) is 4.22. The molecule has 6 heteroatoms. The van der Waals surface area contributed by atoms with Crippen LogP contribution >= 0.6 is 0 Å². The maximum absolute atomic E-state index is 12.5. The molecule has 1 aliphatic rings. The molecule has 0 saturated carbocycles. The minimum absolute atomic E-state index is 0.179. The highest BCUT2D eigenvalue weighted by atomic mass is 16.7. The number of hydrogen-bond donors (Lipinski definition) is 2. The van der Waals surface area contributed by atoms with Crippen LogP contribution in [0, 0.1) is 0 Å². The van der Waals surface area contributed by atoms with E-state index in [0.717, 1.165) is 45.6 Å². The van der Waals surface area contributed by atoms with E-state index in [4.69, 9.17) is 15.2 Å². The molecule has 0 amide bonds.